The van der Waals surface area contributed by atoms with Crippen LogP contribution in [0.4, 0.5) is 8.63 Å². The van der Waals surface area contributed by atoms with Crippen molar-refractivity contribution in [1.82, 2.24) is 4.48 Å². The minimum absolute atomic E-state index is 0.517. The molecule has 2 aliphatic heterocycles. The smallest absolute Gasteiger partial charge is 0.493 e. The number of ether oxygens (including phenoxy) is 1. The first kappa shape index (κ1) is 21.6. The Hall–Kier alpha value is -2.63. The number of allylic oxidation sites excluding steroid dienone is 2. The highest BCUT2D eigenvalue weighted by Gasteiger charge is 2.56. The summed E-state index contributed by atoms with van der Waals surface area (Å²) in [5, 5.41) is 0. The van der Waals surface area contributed by atoms with E-state index in [1.54, 1.807) is 0 Å². The molecule has 0 atom stereocenters. The Kier molecular flexibility index (Phi) is 5.23. The van der Waals surface area contributed by atoms with Gasteiger partial charge >= 0.3 is 6.97 Å². The Morgan fingerprint density at radius 2 is 1.68 bits per heavy atom. The first-order valence-corrected chi connectivity index (χ1v) is 11.2. The van der Waals surface area contributed by atoms with Crippen LogP contribution >= 0.6 is 0 Å². The van der Waals surface area contributed by atoms with Crippen molar-refractivity contribution >= 4 is 18.3 Å². The van der Waals surface area contributed by atoms with Crippen LogP contribution < -0.4 is 4.74 Å². The van der Waals surface area contributed by atoms with Gasteiger partial charge in [-0.15, -0.1) is 0 Å². The van der Waals surface area contributed by atoms with E-state index in [-0.39, 0.29) is 0 Å². The molecule has 0 amide bonds. The third-order valence-corrected chi connectivity index (χ3v) is 6.95. The average Bonchev–Trinajstić information content (AvgIpc) is 3.14. The zero-order chi connectivity index (χ0) is 22.7. The maximum atomic E-state index is 16.3. The van der Waals surface area contributed by atoms with E-state index in [4.69, 9.17) is 4.74 Å². The molecule has 2 aromatic rings. The molecule has 0 saturated heterocycles. The second kappa shape index (κ2) is 7.50. The molecule has 0 fully saturated rings. The number of hydrogen-bond donors (Lipinski definition) is 0. The second-order valence-corrected chi connectivity index (χ2v) is 8.41. The molecule has 0 aliphatic carbocycles. The van der Waals surface area contributed by atoms with Gasteiger partial charge in [0, 0.05) is 29.3 Å². The lowest BCUT2D eigenvalue weighted by atomic mass is 9.83. The standard InChI is InChI=1S/C25H31BF2N2O/c1-8-19-15(4)24-23(21-13-11-12-14-22(21)31-10-3)25-16(5)20(9-2)18(7)30(25)26(27,28)29(24)17(19)6/h11-14H,8-10H2,1-7H3. The Labute approximate surface area is 183 Å². The topological polar surface area (TPSA) is 17.2 Å². The highest BCUT2D eigenvalue weighted by molar-refractivity contribution is 6.58. The lowest BCUT2D eigenvalue weighted by molar-refractivity contribution is -0.363. The van der Waals surface area contributed by atoms with Gasteiger partial charge in [0.1, 0.15) is 11.5 Å². The number of nitrogens with zero attached hydrogens (tertiary/aromatic N) is 2. The number of aromatic nitrogens is 1. The number of para-hydroxylation sites is 1. The van der Waals surface area contributed by atoms with Crippen LogP contribution in [0.3, 0.4) is 0 Å². The van der Waals surface area contributed by atoms with Crippen LogP contribution in [0.15, 0.2) is 41.1 Å². The summed E-state index contributed by atoms with van der Waals surface area (Å²) >= 11 is 0. The van der Waals surface area contributed by atoms with E-state index in [1.165, 1.54) is 8.96 Å². The summed E-state index contributed by atoms with van der Waals surface area (Å²) in [5.41, 5.74) is 8.14. The molecule has 1 aromatic carbocycles. The quantitative estimate of drug-likeness (QED) is 0.517. The van der Waals surface area contributed by atoms with Crippen molar-refractivity contribution in [2.24, 2.45) is 0 Å². The zero-order valence-corrected chi connectivity index (χ0v) is 19.6. The van der Waals surface area contributed by atoms with Gasteiger partial charge < -0.3 is 22.3 Å². The van der Waals surface area contributed by atoms with E-state index in [1.807, 2.05) is 72.7 Å². The van der Waals surface area contributed by atoms with Gasteiger partial charge in [0.25, 0.3) is 0 Å². The fourth-order valence-electron chi connectivity index (χ4n) is 5.69. The fraction of sp³-hybridized carbons (Fsp3) is 0.400. The van der Waals surface area contributed by atoms with E-state index < -0.39 is 6.97 Å². The first-order valence-electron chi connectivity index (χ1n) is 11.2. The minimum atomic E-state index is -4.01. The van der Waals surface area contributed by atoms with Crippen LogP contribution in [0.2, 0.25) is 0 Å². The van der Waals surface area contributed by atoms with Crippen LogP contribution in [-0.2, 0) is 6.42 Å². The lowest BCUT2D eigenvalue weighted by Crippen LogP contribution is -2.51. The molecule has 0 radical (unpaired) electrons. The molecule has 2 aliphatic rings. The van der Waals surface area contributed by atoms with Gasteiger partial charge in [0.2, 0.25) is 0 Å². The average molecular weight is 424 g/mol. The van der Waals surface area contributed by atoms with E-state index in [9.17, 15) is 0 Å². The van der Waals surface area contributed by atoms with Crippen molar-refractivity contribution < 1.29 is 17.9 Å². The summed E-state index contributed by atoms with van der Waals surface area (Å²) < 4.78 is 41.1. The van der Waals surface area contributed by atoms with E-state index >= 15 is 8.63 Å². The molecule has 31 heavy (non-hydrogen) atoms. The first-order chi connectivity index (χ1) is 14.7. The number of fused-ring (bicyclic) bond motifs is 2. The van der Waals surface area contributed by atoms with Crippen LogP contribution in [0, 0.1) is 13.8 Å². The minimum Gasteiger partial charge on any atom is -0.493 e. The molecular formula is C25H31BF2N2O. The van der Waals surface area contributed by atoms with E-state index in [0.717, 1.165) is 52.0 Å². The van der Waals surface area contributed by atoms with Gasteiger partial charge in [-0.3, -0.25) is 0 Å². The molecular weight excluding hydrogens is 393 g/mol. The second-order valence-electron chi connectivity index (χ2n) is 8.41. The summed E-state index contributed by atoms with van der Waals surface area (Å²) in [4.78, 5) is 0. The molecule has 4 rings (SSSR count). The molecule has 1 aromatic heterocycles. The predicted molar refractivity (Wildman–Crippen MR) is 124 cm³/mol. The molecule has 0 unspecified atom stereocenters. The summed E-state index contributed by atoms with van der Waals surface area (Å²) in [6.07, 6.45) is 1.44. The summed E-state index contributed by atoms with van der Waals surface area (Å²) in [7, 11) is 0. The number of benzene rings is 1. The van der Waals surface area contributed by atoms with E-state index in [2.05, 4.69) is 0 Å². The monoisotopic (exact) mass is 424 g/mol. The molecule has 3 heterocycles. The number of hydrogen-bond acceptors (Lipinski definition) is 1. The maximum Gasteiger partial charge on any atom is 0.737 e. The van der Waals surface area contributed by atoms with Crippen LogP contribution in [-0.4, -0.2) is 28.3 Å². The third-order valence-electron chi connectivity index (χ3n) is 6.95. The van der Waals surface area contributed by atoms with Crippen LogP contribution in [0.5, 0.6) is 5.75 Å². The zero-order valence-electron chi connectivity index (χ0n) is 19.6. The Morgan fingerprint density at radius 3 is 2.29 bits per heavy atom. The third kappa shape index (κ3) is 2.80. The van der Waals surface area contributed by atoms with Crippen molar-refractivity contribution in [1.29, 1.82) is 0 Å². The van der Waals surface area contributed by atoms with Crippen molar-refractivity contribution in [2.45, 2.75) is 61.3 Å². The van der Waals surface area contributed by atoms with Gasteiger partial charge in [-0.1, -0.05) is 32.0 Å². The van der Waals surface area contributed by atoms with Gasteiger partial charge in [-0.05, 0) is 63.4 Å². The molecule has 0 spiro atoms. The van der Waals surface area contributed by atoms with Crippen molar-refractivity contribution in [2.75, 3.05) is 6.61 Å². The molecule has 6 heteroatoms. The number of halogens is 2. The predicted octanol–water partition coefficient (Wildman–Crippen LogP) is 6.28. The molecule has 0 saturated carbocycles. The van der Waals surface area contributed by atoms with Gasteiger partial charge in [-0.2, -0.15) is 0 Å². The highest BCUT2D eigenvalue weighted by Crippen LogP contribution is 2.48. The number of rotatable bonds is 5. The largest absolute Gasteiger partial charge is 0.737 e. The van der Waals surface area contributed by atoms with Gasteiger partial charge in [0.05, 0.1) is 12.2 Å². The van der Waals surface area contributed by atoms with Gasteiger partial charge in [0.15, 0.2) is 5.70 Å². The van der Waals surface area contributed by atoms with Gasteiger partial charge in [-0.25, -0.2) is 0 Å². The molecule has 164 valence electrons. The molecule has 3 nitrogen and oxygen atoms in total. The molecule has 0 bridgehead atoms. The fourth-order valence-corrected chi connectivity index (χ4v) is 5.69. The Bertz CT molecular complexity index is 1180. The van der Waals surface area contributed by atoms with Crippen molar-refractivity contribution in [3.8, 4) is 5.75 Å². The maximum absolute atomic E-state index is 16.3. The highest BCUT2D eigenvalue weighted by atomic mass is 19.2. The lowest BCUT2D eigenvalue weighted by Gasteiger charge is -2.34. The summed E-state index contributed by atoms with van der Waals surface area (Å²) in [6.45, 7) is 10.1. The van der Waals surface area contributed by atoms with Crippen LogP contribution in [0.25, 0.3) is 5.57 Å². The Morgan fingerprint density at radius 1 is 1.00 bits per heavy atom. The molecule has 0 N–H and O–H groups in total. The summed E-state index contributed by atoms with van der Waals surface area (Å²) in [6, 6.07) is 7.80. The SMILES string of the molecule is CCOc1ccccc1C1=C2C(C)=C(CC)C(C)=[N+]2[B-](F)(F)n2c(C)c(CC)c(C)c21. The van der Waals surface area contributed by atoms with Crippen molar-refractivity contribution in [3.05, 3.63) is 69.2 Å². The van der Waals surface area contributed by atoms with Crippen molar-refractivity contribution in [3.63, 3.8) is 0 Å². The van der Waals surface area contributed by atoms with Crippen LogP contribution in [0.1, 0.15) is 69.1 Å². The Balaban J connectivity index is 2.23. The van der Waals surface area contributed by atoms with E-state index in [0.29, 0.717) is 29.4 Å². The normalized spacial score (nSPS) is 17.5. The summed E-state index contributed by atoms with van der Waals surface area (Å²) in [5.74, 6) is 0.725.